The van der Waals surface area contributed by atoms with Crippen LogP contribution in [0.4, 0.5) is 0 Å². The lowest BCUT2D eigenvalue weighted by Crippen LogP contribution is -2.51. The fourth-order valence-electron chi connectivity index (χ4n) is 3.07. The van der Waals surface area contributed by atoms with E-state index in [4.69, 9.17) is 9.47 Å². The van der Waals surface area contributed by atoms with Gasteiger partial charge in [0.1, 0.15) is 5.75 Å². The molecule has 1 aromatic rings. The van der Waals surface area contributed by atoms with Gasteiger partial charge >= 0.3 is 0 Å². The third-order valence-electron chi connectivity index (χ3n) is 4.54. The Morgan fingerprint density at radius 2 is 2.05 bits per heavy atom. The molecule has 3 nitrogen and oxygen atoms in total. The number of morpholine rings is 1. The van der Waals surface area contributed by atoms with Crippen molar-refractivity contribution in [2.24, 2.45) is 0 Å². The topological polar surface area (TPSA) is 21.7 Å². The second-order valence-electron chi connectivity index (χ2n) is 6.05. The van der Waals surface area contributed by atoms with Gasteiger partial charge in [0.25, 0.3) is 0 Å². The van der Waals surface area contributed by atoms with Crippen LogP contribution in [0.3, 0.4) is 0 Å². The molecule has 2 aliphatic rings. The lowest BCUT2D eigenvalue weighted by molar-refractivity contribution is -0.0221. The second kappa shape index (κ2) is 6.63. The highest BCUT2D eigenvalue weighted by Gasteiger charge is 2.32. The lowest BCUT2D eigenvalue weighted by atomic mass is 9.90. The van der Waals surface area contributed by atoms with Gasteiger partial charge in [-0.25, -0.2) is 0 Å². The van der Waals surface area contributed by atoms with Gasteiger partial charge in [-0.3, -0.25) is 4.90 Å². The average Bonchev–Trinajstić information content (AvgIpc) is 2.48. The Bertz CT molecular complexity index is 494. The summed E-state index contributed by atoms with van der Waals surface area (Å²) >= 11 is 0. The zero-order valence-electron chi connectivity index (χ0n) is 13.0. The van der Waals surface area contributed by atoms with Crippen LogP contribution in [-0.2, 0) is 4.74 Å². The Kier molecular flexibility index (Phi) is 4.61. The number of hydrogen-bond acceptors (Lipinski definition) is 3. The Hall–Kier alpha value is -1.32. The summed E-state index contributed by atoms with van der Waals surface area (Å²) in [5.74, 6) is 0.976. The molecule has 3 rings (SSSR count). The third kappa shape index (κ3) is 3.30. The van der Waals surface area contributed by atoms with Crippen LogP contribution in [0.15, 0.2) is 30.3 Å². The third-order valence-corrected chi connectivity index (χ3v) is 4.54. The maximum Gasteiger partial charge on any atom is 0.119 e. The first-order valence-corrected chi connectivity index (χ1v) is 8.01. The van der Waals surface area contributed by atoms with Crippen molar-refractivity contribution in [1.82, 2.24) is 4.90 Å². The minimum absolute atomic E-state index is 0.424. The van der Waals surface area contributed by atoms with E-state index in [0.29, 0.717) is 12.1 Å². The number of nitrogens with zero attached hydrogens (tertiary/aromatic N) is 1. The Morgan fingerprint density at radius 3 is 2.76 bits per heavy atom. The highest BCUT2D eigenvalue weighted by Crippen LogP contribution is 2.32. The van der Waals surface area contributed by atoms with Gasteiger partial charge in [-0.15, -0.1) is 0 Å². The molecule has 0 aromatic heterocycles. The van der Waals surface area contributed by atoms with Crippen molar-refractivity contribution >= 4 is 5.57 Å². The SMILES string of the molecule is CCCCOc1ccc(C2=CC3COCC(C2)N3C)cc1. The van der Waals surface area contributed by atoms with Crippen molar-refractivity contribution in [3.05, 3.63) is 35.9 Å². The number of benzene rings is 1. The number of ether oxygens (including phenoxy) is 2. The van der Waals surface area contributed by atoms with Gasteiger partial charge in [-0.1, -0.05) is 31.6 Å². The molecule has 0 spiro atoms. The zero-order valence-corrected chi connectivity index (χ0v) is 13.0. The molecule has 21 heavy (non-hydrogen) atoms. The monoisotopic (exact) mass is 287 g/mol. The fraction of sp³-hybridized carbons (Fsp3) is 0.556. The summed E-state index contributed by atoms with van der Waals surface area (Å²) in [6, 6.07) is 9.51. The molecule has 2 aliphatic heterocycles. The highest BCUT2D eigenvalue weighted by atomic mass is 16.5. The van der Waals surface area contributed by atoms with Crippen LogP contribution in [0, 0.1) is 0 Å². The number of rotatable bonds is 5. The summed E-state index contributed by atoms with van der Waals surface area (Å²) in [6.07, 6.45) is 5.72. The predicted molar refractivity (Wildman–Crippen MR) is 85.6 cm³/mol. The van der Waals surface area contributed by atoms with Gasteiger partial charge < -0.3 is 9.47 Å². The van der Waals surface area contributed by atoms with E-state index in [1.807, 2.05) is 0 Å². The maximum absolute atomic E-state index is 5.73. The molecular weight excluding hydrogens is 262 g/mol. The predicted octanol–water partition coefficient (Wildman–Crippen LogP) is 3.35. The van der Waals surface area contributed by atoms with Gasteiger partial charge in [0.05, 0.1) is 25.9 Å². The normalized spacial score (nSPS) is 25.5. The van der Waals surface area contributed by atoms with E-state index in [-0.39, 0.29) is 0 Å². The zero-order chi connectivity index (χ0) is 14.7. The van der Waals surface area contributed by atoms with Crippen molar-refractivity contribution in [2.75, 3.05) is 26.9 Å². The summed E-state index contributed by atoms with van der Waals surface area (Å²) in [5, 5.41) is 0. The van der Waals surface area contributed by atoms with Gasteiger partial charge in [0, 0.05) is 6.04 Å². The summed E-state index contributed by atoms with van der Waals surface area (Å²) in [7, 11) is 2.20. The molecule has 0 radical (unpaired) electrons. The second-order valence-corrected chi connectivity index (χ2v) is 6.05. The highest BCUT2D eigenvalue weighted by molar-refractivity contribution is 5.68. The molecule has 1 fully saturated rings. The van der Waals surface area contributed by atoms with E-state index < -0.39 is 0 Å². The van der Waals surface area contributed by atoms with E-state index >= 15 is 0 Å². The van der Waals surface area contributed by atoms with E-state index in [0.717, 1.165) is 38.4 Å². The van der Waals surface area contributed by atoms with Gasteiger partial charge in [-0.05, 0) is 43.2 Å². The minimum atomic E-state index is 0.424. The van der Waals surface area contributed by atoms with Gasteiger partial charge in [0.15, 0.2) is 0 Å². The van der Waals surface area contributed by atoms with Crippen LogP contribution in [-0.4, -0.2) is 43.9 Å². The number of hydrogen-bond donors (Lipinski definition) is 0. The van der Waals surface area contributed by atoms with Gasteiger partial charge in [-0.2, -0.15) is 0 Å². The first-order chi connectivity index (χ1) is 10.3. The van der Waals surface area contributed by atoms with E-state index in [9.17, 15) is 0 Å². The van der Waals surface area contributed by atoms with Crippen LogP contribution in [0.5, 0.6) is 5.75 Å². The summed E-state index contributed by atoms with van der Waals surface area (Å²) in [5.41, 5.74) is 2.77. The molecule has 1 aromatic carbocycles. The fourth-order valence-corrected chi connectivity index (χ4v) is 3.07. The number of likely N-dealkylation sites (N-methyl/N-ethyl adjacent to an activating group) is 1. The van der Waals surface area contributed by atoms with Crippen LogP contribution in [0.25, 0.3) is 5.57 Å². The Balaban J connectivity index is 1.69. The lowest BCUT2D eigenvalue weighted by Gasteiger charge is -2.42. The minimum Gasteiger partial charge on any atom is -0.494 e. The summed E-state index contributed by atoms with van der Waals surface area (Å²) in [6.45, 7) is 4.65. The molecule has 0 amide bonds. The molecule has 114 valence electrons. The van der Waals surface area contributed by atoms with Crippen molar-refractivity contribution in [1.29, 1.82) is 0 Å². The van der Waals surface area contributed by atoms with Crippen LogP contribution in [0.1, 0.15) is 31.7 Å². The smallest absolute Gasteiger partial charge is 0.119 e. The Morgan fingerprint density at radius 1 is 1.24 bits per heavy atom. The number of fused-ring (bicyclic) bond motifs is 2. The molecule has 2 atom stereocenters. The van der Waals surface area contributed by atoms with E-state index in [1.165, 1.54) is 17.6 Å². The molecule has 2 heterocycles. The van der Waals surface area contributed by atoms with Crippen LogP contribution < -0.4 is 4.74 Å². The summed E-state index contributed by atoms with van der Waals surface area (Å²) in [4.78, 5) is 2.44. The maximum atomic E-state index is 5.73. The molecule has 0 N–H and O–H groups in total. The molecule has 0 aliphatic carbocycles. The van der Waals surface area contributed by atoms with Crippen molar-refractivity contribution in [2.45, 2.75) is 38.3 Å². The van der Waals surface area contributed by atoms with E-state index in [1.54, 1.807) is 0 Å². The molecule has 2 bridgehead atoms. The Labute approximate surface area is 127 Å². The van der Waals surface area contributed by atoms with Crippen LogP contribution >= 0.6 is 0 Å². The quantitative estimate of drug-likeness (QED) is 0.775. The molecule has 3 heteroatoms. The molecule has 0 saturated carbocycles. The average molecular weight is 287 g/mol. The van der Waals surface area contributed by atoms with Gasteiger partial charge in [0.2, 0.25) is 0 Å². The van der Waals surface area contributed by atoms with Crippen molar-refractivity contribution in [3.8, 4) is 5.75 Å². The van der Waals surface area contributed by atoms with E-state index in [2.05, 4.69) is 49.2 Å². The largest absolute Gasteiger partial charge is 0.494 e. The molecular formula is C18H25NO2. The number of unbranched alkanes of at least 4 members (excludes halogenated alkanes) is 1. The first kappa shape index (κ1) is 14.6. The molecule has 2 unspecified atom stereocenters. The van der Waals surface area contributed by atoms with Crippen molar-refractivity contribution < 1.29 is 9.47 Å². The first-order valence-electron chi connectivity index (χ1n) is 8.01. The van der Waals surface area contributed by atoms with Crippen molar-refractivity contribution in [3.63, 3.8) is 0 Å². The standard InChI is InChI=1S/C18H25NO2/c1-3-4-9-21-18-7-5-14(6-8-18)15-10-16-12-20-13-17(11-15)19(16)2/h5-8,10,16-17H,3-4,9,11-13H2,1-2H3. The summed E-state index contributed by atoms with van der Waals surface area (Å²) < 4.78 is 11.4. The molecule has 1 saturated heterocycles. The van der Waals surface area contributed by atoms with Crippen LogP contribution in [0.2, 0.25) is 0 Å².